The van der Waals surface area contributed by atoms with Gasteiger partial charge in [0.2, 0.25) is 0 Å². The minimum atomic E-state index is -3.38. The van der Waals surface area contributed by atoms with E-state index < -0.39 is 10.0 Å². The quantitative estimate of drug-likeness (QED) is 0.288. The van der Waals surface area contributed by atoms with E-state index in [-0.39, 0.29) is 24.0 Å². The molecule has 0 bridgehead atoms. The van der Waals surface area contributed by atoms with E-state index in [2.05, 4.69) is 27.8 Å². The molecule has 9 heteroatoms. The fourth-order valence-electron chi connectivity index (χ4n) is 2.14. The molecule has 0 amide bonds. The van der Waals surface area contributed by atoms with Crippen molar-refractivity contribution in [2.45, 2.75) is 23.1 Å². The number of halogens is 1. The summed E-state index contributed by atoms with van der Waals surface area (Å²) in [5.74, 6) is 0.704. The highest BCUT2D eigenvalue weighted by atomic mass is 127. The Morgan fingerprint density at radius 3 is 2.70 bits per heavy atom. The highest BCUT2D eigenvalue weighted by Gasteiger charge is 2.21. The number of guanidine groups is 1. The molecule has 0 unspecified atom stereocenters. The van der Waals surface area contributed by atoms with Gasteiger partial charge in [-0.25, -0.2) is 8.42 Å². The van der Waals surface area contributed by atoms with Gasteiger partial charge in [-0.1, -0.05) is 18.2 Å². The first-order chi connectivity index (χ1) is 10.5. The average Bonchev–Trinajstić information content (AvgIpc) is 3.19. The van der Waals surface area contributed by atoms with Crippen LogP contribution >= 0.6 is 35.3 Å². The largest absolute Gasteiger partial charge is 0.355 e. The normalized spacial score (nSPS) is 15.7. The molecule has 0 aromatic carbocycles. The summed E-state index contributed by atoms with van der Waals surface area (Å²) in [6.45, 7) is 0.880. The van der Waals surface area contributed by atoms with E-state index in [0.717, 1.165) is 12.8 Å². The minimum Gasteiger partial charge on any atom is -0.355 e. The molecule has 6 nitrogen and oxygen atoms in total. The summed E-state index contributed by atoms with van der Waals surface area (Å²) in [5, 5.41) is 8.23. The number of sulfonamides is 1. The number of nitrogens with zero attached hydrogens (tertiary/aromatic N) is 2. The van der Waals surface area contributed by atoms with Crippen LogP contribution in [0, 0.1) is 0 Å². The van der Waals surface area contributed by atoms with Crippen molar-refractivity contribution in [1.29, 1.82) is 0 Å². The molecule has 0 radical (unpaired) electrons. The fourth-order valence-corrected chi connectivity index (χ4v) is 4.51. The summed E-state index contributed by atoms with van der Waals surface area (Å²) in [6, 6.07) is 3.74. The second kappa shape index (κ2) is 9.60. The molecule has 23 heavy (non-hydrogen) atoms. The lowest BCUT2D eigenvalue weighted by Crippen LogP contribution is -2.45. The van der Waals surface area contributed by atoms with Crippen LogP contribution in [0.1, 0.15) is 12.8 Å². The van der Waals surface area contributed by atoms with Crippen LogP contribution in [-0.4, -0.2) is 51.9 Å². The molecule has 2 rings (SSSR count). The predicted octanol–water partition coefficient (Wildman–Crippen LogP) is 1.87. The van der Waals surface area contributed by atoms with E-state index in [0.29, 0.717) is 29.3 Å². The molecular weight excluding hydrogens is 447 g/mol. The maximum absolute atomic E-state index is 12.3. The third-order valence-electron chi connectivity index (χ3n) is 3.45. The Morgan fingerprint density at radius 1 is 1.43 bits per heavy atom. The summed E-state index contributed by atoms with van der Waals surface area (Å²) in [6.07, 6.45) is 6.28. The summed E-state index contributed by atoms with van der Waals surface area (Å²) < 4.78 is 26.3. The average molecular weight is 470 g/mol. The van der Waals surface area contributed by atoms with Gasteiger partial charge in [0.25, 0.3) is 10.0 Å². The summed E-state index contributed by atoms with van der Waals surface area (Å²) in [7, 11) is -0.0779. The molecular formula is C14H23IN4O2S2. The molecule has 2 N–H and O–H groups in total. The van der Waals surface area contributed by atoms with Gasteiger partial charge in [0.1, 0.15) is 4.21 Å². The van der Waals surface area contributed by atoms with Gasteiger partial charge >= 0.3 is 0 Å². The number of aliphatic imine (C=N–C) groups is 1. The first kappa shape index (κ1) is 20.4. The highest BCUT2D eigenvalue weighted by Crippen LogP contribution is 2.19. The lowest BCUT2D eigenvalue weighted by atomic mass is 10.2. The Kier molecular flexibility index (Phi) is 8.51. The van der Waals surface area contributed by atoms with E-state index in [1.165, 1.54) is 15.6 Å². The minimum absolute atomic E-state index is 0. The van der Waals surface area contributed by atoms with Crippen molar-refractivity contribution in [2.24, 2.45) is 4.99 Å². The Labute approximate surface area is 159 Å². The van der Waals surface area contributed by atoms with Crippen molar-refractivity contribution in [3.05, 3.63) is 29.7 Å². The zero-order valence-electron chi connectivity index (χ0n) is 13.2. The van der Waals surface area contributed by atoms with Crippen LogP contribution in [0.4, 0.5) is 0 Å². The van der Waals surface area contributed by atoms with Crippen LogP contribution in [0.3, 0.4) is 0 Å². The number of hydrogen-bond donors (Lipinski definition) is 2. The van der Waals surface area contributed by atoms with Gasteiger partial charge in [0.05, 0.1) is 0 Å². The van der Waals surface area contributed by atoms with Crippen molar-refractivity contribution < 1.29 is 8.42 Å². The molecule has 0 fully saturated rings. The number of hydrogen-bond acceptors (Lipinski definition) is 4. The molecule has 0 atom stereocenters. The van der Waals surface area contributed by atoms with Gasteiger partial charge in [-0.2, -0.15) is 4.31 Å². The fraction of sp³-hybridized carbons (Fsp3) is 0.500. The topological polar surface area (TPSA) is 73.8 Å². The molecule has 0 spiro atoms. The predicted molar refractivity (Wildman–Crippen MR) is 106 cm³/mol. The molecule has 1 aliphatic rings. The monoisotopic (exact) mass is 470 g/mol. The molecule has 0 saturated heterocycles. The Hall–Kier alpha value is -0.650. The second-order valence-corrected chi connectivity index (χ2v) is 8.26. The zero-order chi connectivity index (χ0) is 16.0. The van der Waals surface area contributed by atoms with E-state index in [4.69, 9.17) is 0 Å². The van der Waals surface area contributed by atoms with Gasteiger partial charge in [0.15, 0.2) is 5.96 Å². The summed E-state index contributed by atoms with van der Waals surface area (Å²) >= 11 is 1.23. The van der Waals surface area contributed by atoms with Crippen molar-refractivity contribution in [3.8, 4) is 0 Å². The first-order valence-corrected chi connectivity index (χ1v) is 9.48. The van der Waals surface area contributed by atoms with Gasteiger partial charge in [-0.15, -0.1) is 35.3 Å². The smallest absolute Gasteiger partial charge is 0.252 e. The van der Waals surface area contributed by atoms with Crippen molar-refractivity contribution in [2.75, 3.05) is 27.2 Å². The summed E-state index contributed by atoms with van der Waals surface area (Å²) in [5.41, 5.74) is 0. The van der Waals surface area contributed by atoms with Crippen molar-refractivity contribution in [1.82, 2.24) is 14.9 Å². The molecule has 1 heterocycles. The number of rotatable bonds is 6. The third kappa shape index (κ3) is 5.73. The van der Waals surface area contributed by atoms with Gasteiger partial charge in [0, 0.05) is 33.2 Å². The molecule has 1 aliphatic carbocycles. The molecule has 0 saturated carbocycles. The Bertz CT molecular complexity index is 621. The lowest BCUT2D eigenvalue weighted by Gasteiger charge is -2.19. The van der Waals surface area contributed by atoms with Crippen LogP contribution in [0.2, 0.25) is 0 Å². The summed E-state index contributed by atoms with van der Waals surface area (Å²) in [4.78, 5) is 4.16. The number of thiophene rings is 1. The highest BCUT2D eigenvalue weighted by molar-refractivity contribution is 14.0. The first-order valence-electron chi connectivity index (χ1n) is 7.16. The van der Waals surface area contributed by atoms with Crippen LogP contribution < -0.4 is 10.6 Å². The molecule has 1 aromatic rings. The maximum atomic E-state index is 12.3. The Balaban J connectivity index is 0.00000264. The van der Waals surface area contributed by atoms with Crippen molar-refractivity contribution in [3.63, 3.8) is 0 Å². The number of likely N-dealkylation sites (N-methyl/N-ethyl adjacent to an activating group) is 1. The van der Waals surface area contributed by atoms with Crippen molar-refractivity contribution >= 4 is 51.3 Å². The Morgan fingerprint density at radius 2 is 2.13 bits per heavy atom. The van der Waals surface area contributed by atoms with Crippen LogP contribution in [0.25, 0.3) is 0 Å². The van der Waals surface area contributed by atoms with Gasteiger partial charge in [-0.05, 0) is 24.3 Å². The van der Waals surface area contributed by atoms with E-state index in [1.54, 1.807) is 31.6 Å². The van der Waals surface area contributed by atoms with E-state index in [9.17, 15) is 8.42 Å². The van der Waals surface area contributed by atoms with Crippen LogP contribution in [0.5, 0.6) is 0 Å². The maximum Gasteiger partial charge on any atom is 0.252 e. The van der Waals surface area contributed by atoms with Gasteiger partial charge < -0.3 is 10.6 Å². The van der Waals surface area contributed by atoms with Gasteiger partial charge in [-0.3, -0.25) is 4.99 Å². The van der Waals surface area contributed by atoms with Crippen LogP contribution in [-0.2, 0) is 10.0 Å². The molecule has 1 aromatic heterocycles. The second-order valence-electron chi connectivity index (χ2n) is 5.04. The zero-order valence-corrected chi connectivity index (χ0v) is 17.2. The number of nitrogens with one attached hydrogen (secondary N) is 2. The van der Waals surface area contributed by atoms with E-state index in [1.807, 2.05) is 0 Å². The lowest BCUT2D eigenvalue weighted by molar-refractivity contribution is 0.470. The molecule has 130 valence electrons. The standard InChI is InChI=1S/C14H22N4O2S2.HI/c1-15-14(17-12-6-3-4-7-12)16-9-10-18(2)22(19,20)13-8-5-11-21-13;/h3-5,8,11-12H,6-7,9-10H2,1-2H3,(H2,15,16,17);1H. The SMILES string of the molecule is CN=C(NCCN(C)S(=O)(=O)c1cccs1)NC1CC=CC1.I. The van der Waals surface area contributed by atoms with Crippen LogP contribution in [0.15, 0.2) is 38.9 Å². The third-order valence-corrected chi connectivity index (χ3v) is 6.68. The molecule has 0 aliphatic heterocycles. The van der Waals surface area contributed by atoms with E-state index >= 15 is 0 Å².